The molecule has 1 aliphatic carbocycles. The second-order valence-corrected chi connectivity index (χ2v) is 22.0. The Balaban J connectivity index is 1.19. The first-order valence-corrected chi connectivity index (χ1v) is 22.4. The van der Waals surface area contributed by atoms with Crippen molar-refractivity contribution in [3.05, 3.63) is 77.6 Å². The molecular formula is C41H55N5O5Si. The summed E-state index contributed by atoms with van der Waals surface area (Å²) >= 11 is 0. The van der Waals surface area contributed by atoms with Gasteiger partial charge in [-0.25, -0.2) is 9.78 Å². The fourth-order valence-electron chi connectivity index (χ4n) is 7.15. The van der Waals surface area contributed by atoms with Gasteiger partial charge in [0, 0.05) is 82.8 Å². The van der Waals surface area contributed by atoms with Crippen LogP contribution < -0.4 is 15.0 Å². The predicted molar refractivity (Wildman–Crippen MR) is 210 cm³/mol. The van der Waals surface area contributed by atoms with Gasteiger partial charge in [-0.3, -0.25) is 9.69 Å². The molecule has 0 radical (unpaired) electrons. The largest absolute Gasteiger partial charge is 0.456 e. The number of aromatic nitrogens is 2. The lowest BCUT2D eigenvalue weighted by Crippen LogP contribution is -2.47. The number of hydrogen-bond donors (Lipinski definition) is 1. The third-order valence-corrected chi connectivity index (χ3v) is 11.5. The number of carbonyl (C=O) groups excluding carboxylic acids is 2. The second-order valence-electron chi connectivity index (χ2n) is 16.3. The molecule has 1 atom stereocenters. The summed E-state index contributed by atoms with van der Waals surface area (Å²) in [6, 6.07) is 17.5. The Morgan fingerprint density at radius 2 is 1.79 bits per heavy atom. The molecule has 3 heterocycles. The number of benzene rings is 2. The Bertz CT molecular complexity index is 1890. The van der Waals surface area contributed by atoms with Gasteiger partial charge in [-0.15, -0.1) is 0 Å². The van der Waals surface area contributed by atoms with Crippen LogP contribution in [0.2, 0.25) is 25.7 Å². The standard InChI is InChI=1S/C41H55N5O5Si/c1-29(47)43-36-13-10-12-34-33(36)11-8-9-14-37(34)45-21-19-44(20-22-45)31-15-16-35(40(48)51-41(2,3)4)38(26-31)50-32-25-30-17-18-46(39(30)42-27-32)28-49-23-24-52(5,6)7/h10,12-13,15-18,25-27,37H,8-9,11,14,19-24,28H2,1-7H3,(H,43,47). The topological polar surface area (TPSA) is 98.2 Å². The van der Waals surface area contributed by atoms with Crippen LogP contribution >= 0.6 is 0 Å². The first kappa shape index (κ1) is 37.6. The van der Waals surface area contributed by atoms with E-state index < -0.39 is 19.6 Å². The number of fused-ring (bicyclic) bond motifs is 2. The van der Waals surface area contributed by atoms with Gasteiger partial charge in [0.25, 0.3) is 0 Å². The molecule has 1 N–H and O–H groups in total. The van der Waals surface area contributed by atoms with E-state index in [0.29, 0.717) is 29.8 Å². The first-order valence-electron chi connectivity index (χ1n) is 18.7. The molecule has 1 saturated heterocycles. The van der Waals surface area contributed by atoms with Crippen LogP contribution in [-0.2, 0) is 27.4 Å². The average molecular weight is 726 g/mol. The summed E-state index contributed by atoms with van der Waals surface area (Å²) in [5.41, 5.74) is 5.09. The lowest BCUT2D eigenvalue weighted by Gasteiger charge is -2.41. The molecule has 1 unspecified atom stereocenters. The molecule has 6 rings (SSSR count). The van der Waals surface area contributed by atoms with E-state index >= 15 is 0 Å². The van der Waals surface area contributed by atoms with E-state index in [4.69, 9.17) is 19.2 Å². The Labute approximate surface area is 309 Å². The van der Waals surface area contributed by atoms with Crippen LogP contribution in [-0.4, -0.2) is 72.8 Å². The molecule has 278 valence electrons. The maximum absolute atomic E-state index is 13.4. The Morgan fingerprint density at radius 1 is 1.00 bits per heavy atom. The fourth-order valence-corrected chi connectivity index (χ4v) is 7.91. The van der Waals surface area contributed by atoms with Crippen LogP contribution in [0.25, 0.3) is 11.0 Å². The van der Waals surface area contributed by atoms with Crippen LogP contribution in [0.4, 0.5) is 11.4 Å². The number of anilines is 2. The third-order valence-electron chi connectivity index (χ3n) is 9.77. The van der Waals surface area contributed by atoms with Crippen molar-refractivity contribution >= 4 is 42.4 Å². The van der Waals surface area contributed by atoms with Crippen LogP contribution in [0.15, 0.2) is 60.9 Å². The van der Waals surface area contributed by atoms with Crippen LogP contribution in [0.3, 0.4) is 0 Å². The van der Waals surface area contributed by atoms with Crippen LogP contribution in [0.5, 0.6) is 11.5 Å². The number of ether oxygens (including phenoxy) is 3. The number of nitrogens with zero attached hydrogens (tertiary/aromatic N) is 4. The highest BCUT2D eigenvalue weighted by Gasteiger charge is 2.30. The summed E-state index contributed by atoms with van der Waals surface area (Å²) in [6.07, 6.45) is 8.05. The van der Waals surface area contributed by atoms with Gasteiger partial charge in [0.15, 0.2) is 0 Å². The van der Waals surface area contributed by atoms with Gasteiger partial charge < -0.3 is 29.0 Å². The summed E-state index contributed by atoms with van der Waals surface area (Å²) < 4.78 is 20.2. The molecule has 10 nitrogen and oxygen atoms in total. The molecule has 1 fully saturated rings. The van der Waals surface area contributed by atoms with Crippen molar-refractivity contribution in [3.63, 3.8) is 0 Å². The maximum atomic E-state index is 13.4. The van der Waals surface area contributed by atoms with Gasteiger partial charge in [0.2, 0.25) is 5.91 Å². The van der Waals surface area contributed by atoms with E-state index in [1.807, 2.05) is 67.9 Å². The minimum atomic E-state index is -1.16. The van der Waals surface area contributed by atoms with Crippen LogP contribution in [0, 0.1) is 0 Å². The zero-order valence-corrected chi connectivity index (χ0v) is 33.0. The Hall–Kier alpha value is -4.19. The number of esters is 1. The van der Waals surface area contributed by atoms with Crippen molar-refractivity contribution in [2.24, 2.45) is 0 Å². The number of rotatable bonds is 11. The fraction of sp³-hybridized carbons (Fsp3) is 0.488. The molecule has 2 aromatic heterocycles. The van der Waals surface area contributed by atoms with Gasteiger partial charge in [-0.1, -0.05) is 38.2 Å². The number of pyridine rings is 1. The highest BCUT2D eigenvalue weighted by molar-refractivity contribution is 6.76. The molecule has 0 bridgehead atoms. The zero-order chi connectivity index (χ0) is 37.0. The predicted octanol–water partition coefficient (Wildman–Crippen LogP) is 8.64. The second kappa shape index (κ2) is 15.8. The van der Waals surface area contributed by atoms with Crippen molar-refractivity contribution in [2.45, 2.75) is 97.4 Å². The molecule has 11 heteroatoms. The van der Waals surface area contributed by atoms with Crippen molar-refractivity contribution in [2.75, 3.05) is 43.0 Å². The molecule has 0 saturated carbocycles. The summed E-state index contributed by atoms with van der Waals surface area (Å²) in [5.74, 6) is 0.517. The van der Waals surface area contributed by atoms with Crippen LogP contribution in [0.1, 0.15) is 74.5 Å². The lowest BCUT2D eigenvalue weighted by atomic mass is 9.95. The molecule has 2 aromatic carbocycles. The number of piperazine rings is 1. The van der Waals surface area contributed by atoms with E-state index in [9.17, 15) is 9.59 Å². The molecule has 0 spiro atoms. The van der Waals surface area contributed by atoms with Crippen molar-refractivity contribution in [3.8, 4) is 11.5 Å². The van der Waals surface area contributed by atoms with E-state index in [2.05, 4.69) is 46.9 Å². The van der Waals surface area contributed by atoms with Gasteiger partial charge >= 0.3 is 5.97 Å². The minimum absolute atomic E-state index is 0.0339. The van der Waals surface area contributed by atoms with E-state index in [1.165, 1.54) is 11.1 Å². The van der Waals surface area contributed by atoms with E-state index in [-0.39, 0.29) is 5.91 Å². The normalized spacial score (nSPS) is 17.1. The minimum Gasteiger partial charge on any atom is -0.456 e. The summed E-state index contributed by atoms with van der Waals surface area (Å²) in [6.45, 7) is 18.9. The maximum Gasteiger partial charge on any atom is 0.342 e. The van der Waals surface area contributed by atoms with Gasteiger partial charge in [0.05, 0.1) is 6.20 Å². The molecular weight excluding hydrogens is 671 g/mol. The third kappa shape index (κ3) is 9.42. The van der Waals surface area contributed by atoms with Gasteiger partial charge in [0.1, 0.15) is 35.0 Å². The quantitative estimate of drug-likeness (QED) is 0.0711. The summed E-state index contributed by atoms with van der Waals surface area (Å²) in [4.78, 5) is 35.0. The molecule has 1 aliphatic heterocycles. The smallest absolute Gasteiger partial charge is 0.342 e. The highest BCUT2D eigenvalue weighted by Crippen LogP contribution is 2.38. The monoisotopic (exact) mass is 725 g/mol. The first-order chi connectivity index (χ1) is 24.7. The molecule has 1 amide bonds. The molecule has 4 aromatic rings. The highest BCUT2D eigenvalue weighted by atomic mass is 28.3. The number of hydrogen-bond acceptors (Lipinski definition) is 8. The van der Waals surface area contributed by atoms with E-state index in [1.54, 1.807) is 13.1 Å². The van der Waals surface area contributed by atoms with Crippen molar-refractivity contribution in [1.82, 2.24) is 14.5 Å². The summed E-state index contributed by atoms with van der Waals surface area (Å²) in [7, 11) is -1.16. The molecule has 52 heavy (non-hydrogen) atoms. The lowest BCUT2D eigenvalue weighted by molar-refractivity contribution is -0.114. The van der Waals surface area contributed by atoms with Crippen molar-refractivity contribution < 1.29 is 23.8 Å². The number of carbonyl (C=O) groups is 2. The van der Waals surface area contributed by atoms with E-state index in [0.717, 1.165) is 86.9 Å². The average Bonchev–Trinajstić information content (AvgIpc) is 3.34. The van der Waals surface area contributed by atoms with Crippen molar-refractivity contribution in [1.29, 1.82) is 0 Å². The van der Waals surface area contributed by atoms with Gasteiger partial charge in [-0.2, -0.15) is 0 Å². The number of amides is 1. The zero-order valence-electron chi connectivity index (χ0n) is 32.0. The summed E-state index contributed by atoms with van der Waals surface area (Å²) in [5, 5.41) is 4.00. The van der Waals surface area contributed by atoms with Gasteiger partial charge in [-0.05, 0) is 87.5 Å². The number of nitrogens with one attached hydrogen (secondary N) is 1. The molecule has 2 aliphatic rings. The Kier molecular flexibility index (Phi) is 11.4. The SMILES string of the molecule is CC(=O)Nc1cccc2c1CCCCC2N1CCN(c2ccc(C(=O)OC(C)(C)C)c(Oc3cnc4c(ccn4COCC[Si](C)(C)C)c3)c2)CC1. The Morgan fingerprint density at radius 3 is 2.52 bits per heavy atom.